The van der Waals surface area contributed by atoms with E-state index in [1.807, 2.05) is 0 Å². The number of aromatic nitrogens is 2. The lowest BCUT2D eigenvalue weighted by molar-refractivity contribution is 0.529. The maximum Gasteiger partial charge on any atom is 0.243 e. The Labute approximate surface area is 436 Å². The van der Waals surface area contributed by atoms with Crippen LogP contribution in [0, 0.1) is 0 Å². The van der Waals surface area contributed by atoms with Crippen LogP contribution < -0.4 is 42.0 Å². The zero-order valence-electron chi connectivity index (χ0n) is 42.0. The van der Waals surface area contributed by atoms with E-state index in [2.05, 4.69) is 184 Å². The molecule has 358 valence electrons. The smallest absolute Gasteiger partial charge is 0.243 e. The summed E-state index contributed by atoms with van der Waals surface area (Å²) >= 11 is 2.07. The third-order valence-electron chi connectivity index (χ3n) is 19.2. The van der Waals surface area contributed by atoms with Gasteiger partial charge in [0.15, 0.2) is 8.07 Å². The van der Waals surface area contributed by atoms with Crippen molar-refractivity contribution in [1.82, 2.24) is 9.13 Å². The van der Waals surface area contributed by atoms with Gasteiger partial charge in [0.1, 0.15) is 0 Å². The first-order valence-corrected chi connectivity index (χ1v) is 31.1. The van der Waals surface area contributed by atoms with Crippen molar-refractivity contribution in [3.8, 4) is 11.4 Å². The average Bonchev–Trinajstić information content (AvgIpc) is 4.01. The summed E-state index contributed by atoms with van der Waals surface area (Å²) in [6.07, 6.45) is 21.4. The molecule has 4 aliphatic carbocycles. The van der Waals surface area contributed by atoms with Crippen LogP contribution >= 0.6 is 11.8 Å². The summed E-state index contributed by atoms with van der Waals surface area (Å²) in [5, 5.41) is 7.57. The minimum absolute atomic E-state index is 0.112. The molecular formula is C67H62BN3SSi. The van der Waals surface area contributed by atoms with Crippen LogP contribution in [0.1, 0.15) is 116 Å². The Hall–Kier alpha value is -6.21. The van der Waals surface area contributed by atoms with Gasteiger partial charge in [0.2, 0.25) is 6.71 Å². The second kappa shape index (κ2) is 16.9. The highest BCUT2D eigenvalue weighted by Gasteiger charge is 2.53. The lowest BCUT2D eigenvalue weighted by Crippen LogP contribution is -2.87. The highest BCUT2D eigenvalue weighted by atomic mass is 32.2. The molecule has 0 saturated heterocycles. The van der Waals surface area contributed by atoms with Gasteiger partial charge in [-0.05, 0) is 181 Å². The van der Waals surface area contributed by atoms with Gasteiger partial charge in [0.25, 0.3) is 0 Å². The number of hydrogen-bond acceptors (Lipinski definition) is 2. The minimum Gasteiger partial charge on any atom is -0.337 e. The van der Waals surface area contributed by atoms with Crippen LogP contribution in [0.15, 0.2) is 168 Å². The molecule has 3 aliphatic heterocycles. The molecule has 0 radical (unpaired) electrons. The summed E-state index contributed by atoms with van der Waals surface area (Å²) in [4.78, 5) is 5.72. The predicted octanol–water partition coefficient (Wildman–Crippen LogP) is 11.3. The van der Waals surface area contributed by atoms with Gasteiger partial charge in [0, 0.05) is 67.0 Å². The number of nitrogens with zero attached hydrogens (tertiary/aromatic N) is 3. The first-order valence-electron chi connectivity index (χ1n) is 28.2. The molecule has 5 heterocycles. The summed E-state index contributed by atoms with van der Waals surface area (Å²) in [5.74, 6) is 0.559. The van der Waals surface area contributed by atoms with Crippen molar-refractivity contribution in [2.24, 2.45) is 0 Å². The van der Waals surface area contributed by atoms with Crippen LogP contribution in [0.5, 0.6) is 0 Å². The first kappa shape index (κ1) is 43.2. The van der Waals surface area contributed by atoms with E-state index >= 15 is 0 Å². The highest BCUT2D eigenvalue weighted by Crippen LogP contribution is 2.51. The molecule has 1 saturated carbocycles. The van der Waals surface area contributed by atoms with Gasteiger partial charge in [-0.2, -0.15) is 0 Å². The van der Waals surface area contributed by atoms with Crippen LogP contribution in [-0.2, 0) is 38.5 Å². The van der Waals surface area contributed by atoms with E-state index in [0.717, 1.165) is 6.42 Å². The largest absolute Gasteiger partial charge is 0.337 e. The summed E-state index contributed by atoms with van der Waals surface area (Å²) in [7, 11) is -3.05. The van der Waals surface area contributed by atoms with Crippen LogP contribution in [0.2, 0.25) is 0 Å². The lowest BCUT2D eigenvalue weighted by atomic mass is 9.36. The number of rotatable bonds is 5. The number of para-hydroxylation sites is 2. The Bertz CT molecular complexity index is 3630. The van der Waals surface area contributed by atoms with Crippen LogP contribution in [0.25, 0.3) is 22.3 Å². The summed E-state index contributed by atoms with van der Waals surface area (Å²) in [5.41, 5.74) is 22.7. The van der Waals surface area contributed by atoms with Gasteiger partial charge in [-0.1, -0.05) is 157 Å². The molecule has 3 nitrogen and oxygen atoms in total. The molecule has 2 unspecified atom stereocenters. The van der Waals surface area contributed by atoms with Gasteiger partial charge in [-0.25, -0.2) is 0 Å². The number of fused-ring (bicyclic) bond motifs is 13. The van der Waals surface area contributed by atoms with Crippen molar-refractivity contribution in [1.29, 1.82) is 0 Å². The number of benzene rings is 7. The summed E-state index contributed by atoms with van der Waals surface area (Å²) < 4.78 is 5.47. The Morgan fingerprint density at radius 2 is 1.04 bits per heavy atom. The molecule has 2 aromatic heterocycles. The standard InChI is InChI=1S/C67H62BN3SSi/c1-4-20-47(21-5-1)73(48-22-6-2-7-23-48)65-42-45(70-59-33-17-12-27-52(59)53-28-13-18-34-60(53)70)37-39-56(65)68-55-38-36-44(69-57-31-15-10-25-50(57)51-26-11-16-32-58(51)69)40-63(55)72-64-41-46(43-66(73)67(64)68)71-61-30-9-3-8-24-49(61)54-29-14-19-35-62(54)71/h1-2,4-7,10,14-15,19-23,25,29,31,35-43,49,61H,3,8-9,11-13,16-18,24,26-28,30,32-34H2. The van der Waals surface area contributed by atoms with Crippen molar-refractivity contribution in [3.63, 3.8) is 0 Å². The monoisotopic (exact) mass is 979 g/mol. The molecule has 1 fully saturated rings. The van der Waals surface area contributed by atoms with E-state index in [4.69, 9.17) is 0 Å². The van der Waals surface area contributed by atoms with E-state index < -0.39 is 8.07 Å². The molecule has 7 aliphatic rings. The van der Waals surface area contributed by atoms with Gasteiger partial charge in [-0.15, -0.1) is 0 Å². The Morgan fingerprint density at radius 3 is 1.79 bits per heavy atom. The quantitative estimate of drug-likeness (QED) is 0.159. The molecule has 0 amide bonds. The normalized spacial score (nSPS) is 19.9. The van der Waals surface area contributed by atoms with Gasteiger partial charge in [-0.3, -0.25) is 0 Å². The van der Waals surface area contributed by atoms with Crippen molar-refractivity contribution < 1.29 is 0 Å². The van der Waals surface area contributed by atoms with E-state index in [0.29, 0.717) is 12.0 Å². The van der Waals surface area contributed by atoms with Gasteiger partial charge < -0.3 is 14.0 Å². The fourth-order valence-electron chi connectivity index (χ4n) is 16.3. The molecule has 0 N–H and O–H groups in total. The molecule has 0 bridgehead atoms. The maximum absolute atomic E-state index is 3.05. The van der Waals surface area contributed by atoms with Crippen molar-refractivity contribution in [2.75, 3.05) is 4.90 Å². The third-order valence-corrected chi connectivity index (χ3v) is 25.2. The highest BCUT2D eigenvalue weighted by molar-refractivity contribution is 8.00. The van der Waals surface area contributed by atoms with Crippen LogP contribution in [0.4, 0.5) is 11.4 Å². The van der Waals surface area contributed by atoms with Crippen LogP contribution in [0.3, 0.4) is 0 Å². The number of hydrogen-bond donors (Lipinski definition) is 0. The van der Waals surface area contributed by atoms with Gasteiger partial charge in [0.05, 0.1) is 5.52 Å². The molecule has 2 atom stereocenters. The molecular weight excluding hydrogens is 918 g/mol. The molecule has 6 heteroatoms. The Kier molecular flexibility index (Phi) is 10.0. The number of anilines is 2. The molecule has 0 spiro atoms. The Morgan fingerprint density at radius 1 is 0.452 bits per heavy atom. The fourth-order valence-corrected chi connectivity index (χ4v) is 22.9. The van der Waals surface area contributed by atoms with E-state index in [9.17, 15) is 0 Å². The molecule has 73 heavy (non-hydrogen) atoms. The molecule has 16 rings (SSSR count). The fraction of sp³-hybridized carbons (Fsp3) is 0.284. The second-order valence-electron chi connectivity index (χ2n) is 22.7. The second-order valence-corrected chi connectivity index (χ2v) is 27.6. The van der Waals surface area contributed by atoms with Crippen molar-refractivity contribution >= 4 is 86.0 Å². The molecule has 7 aromatic carbocycles. The Balaban J connectivity index is 1.00. The van der Waals surface area contributed by atoms with E-state index in [1.165, 1.54) is 173 Å². The zero-order chi connectivity index (χ0) is 47.8. The van der Waals surface area contributed by atoms with Gasteiger partial charge >= 0.3 is 0 Å². The zero-order valence-corrected chi connectivity index (χ0v) is 43.8. The average molecular weight is 980 g/mol. The van der Waals surface area contributed by atoms with E-state index in [-0.39, 0.29) is 6.71 Å². The number of aryl methyl sites for hydroxylation is 1. The topological polar surface area (TPSA) is 13.1 Å². The van der Waals surface area contributed by atoms with Crippen molar-refractivity contribution in [2.45, 2.75) is 131 Å². The minimum atomic E-state index is -3.05. The summed E-state index contributed by atoms with van der Waals surface area (Å²) in [6, 6.07) is 64.2. The lowest BCUT2D eigenvalue weighted by Gasteiger charge is -2.46. The summed E-state index contributed by atoms with van der Waals surface area (Å²) in [6.45, 7) is 0.112. The maximum atomic E-state index is 2.86. The third kappa shape index (κ3) is 6.26. The van der Waals surface area contributed by atoms with E-state index in [1.54, 1.807) is 49.5 Å². The predicted molar refractivity (Wildman–Crippen MR) is 310 cm³/mol. The molecule has 9 aromatic rings. The van der Waals surface area contributed by atoms with Crippen molar-refractivity contribution in [3.05, 3.63) is 197 Å². The van der Waals surface area contributed by atoms with Crippen LogP contribution in [-0.4, -0.2) is 30.0 Å². The SMILES string of the molecule is c1ccc([Si]2(c3ccccc3)c3cc(-n4c5c(c6c4CCCC6)CCCC5)ccc3B3c4ccc(-n5c6c(c7ccccc75)CCCC6)cc4Sc4cc(N5c6ccccc6C6CCCCCC65)cc2c43)cc1. The first-order chi connectivity index (χ1) is 36.2.